The molecule has 0 spiro atoms. The normalized spacial score (nSPS) is 11.4. The minimum atomic E-state index is -4.78. The second-order valence-electron chi connectivity index (χ2n) is 5.27. The molecular weight excluding hydrogens is 393 g/mol. The zero-order chi connectivity index (χ0) is 19.6. The van der Waals surface area contributed by atoms with Gasteiger partial charge in [0, 0.05) is 5.69 Å². The molecule has 0 aliphatic carbocycles. The summed E-state index contributed by atoms with van der Waals surface area (Å²) in [5, 5.41) is 2.96. The van der Waals surface area contributed by atoms with Crippen LogP contribution in [0.1, 0.15) is 5.56 Å². The number of halogens is 5. The van der Waals surface area contributed by atoms with E-state index in [-0.39, 0.29) is 17.4 Å². The molecule has 1 heterocycles. The van der Waals surface area contributed by atoms with Crippen LogP contribution in [0.2, 0.25) is 0 Å². The molecule has 0 saturated carbocycles. The van der Waals surface area contributed by atoms with Gasteiger partial charge in [-0.2, -0.15) is 4.98 Å². The van der Waals surface area contributed by atoms with Gasteiger partial charge in [0.05, 0.1) is 6.54 Å². The van der Waals surface area contributed by atoms with Crippen LogP contribution >= 0.6 is 11.5 Å². The van der Waals surface area contributed by atoms with Crippen LogP contribution in [0.5, 0.6) is 5.75 Å². The maximum Gasteiger partial charge on any atom is 0.573 e. The van der Waals surface area contributed by atoms with Crippen molar-refractivity contribution in [2.24, 2.45) is 0 Å². The Bertz CT molecular complexity index is 999. The number of benzene rings is 2. The van der Waals surface area contributed by atoms with Crippen LogP contribution in [0.4, 0.5) is 32.8 Å². The second kappa shape index (κ2) is 7.35. The lowest BCUT2D eigenvalue weighted by atomic mass is 10.2. The van der Waals surface area contributed by atoms with Crippen molar-refractivity contribution >= 4 is 22.4 Å². The van der Waals surface area contributed by atoms with E-state index in [9.17, 15) is 26.7 Å². The number of nitrogens with zero attached hydrogens (tertiary/aromatic N) is 2. The molecule has 11 heteroatoms. The van der Waals surface area contributed by atoms with Crippen LogP contribution in [0.25, 0.3) is 0 Å². The fourth-order valence-corrected chi connectivity index (χ4v) is 2.95. The molecule has 0 fully saturated rings. The number of hydrogen-bond acceptors (Lipinski definition) is 5. The van der Waals surface area contributed by atoms with E-state index in [1.807, 2.05) is 0 Å². The van der Waals surface area contributed by atoms with Crippen molar-refractivity contribution in [3.05, 3.63) is 70.1 Å². The fraction of sp³-hybridized carbons (Fsp3) is 0.125. The van der Waals surface area contributed by atoms with E-state index in [0.29, 0.717) is 11.3 Å². The van der Waals surface area contributed by atoms with Crippen LogP contribution in [0.15, 0.2) is 47.3 Å². The standard InChI is InChI=1S/C16H10F5N3O2S/c17-12-6-1-9(7-13(12)18)8-24-15(25)23-14(27-24)22-10-2-4-11(5-3-10)26-16(19,20)21/h1-7H,8H2,(H,22,23,25). The molecule has 0 unspecified atom stereocenters. The van der Waals surface area contributed by atoms with E-state index in [1.165, 1.54) is 22.2 Å². The number of rotatable bonds is 5. The SMILES string of the molecule is O=c1nc(Nc2ccc(OC(F)(F)F)cc2)sn1Cc1ccc(F)c(F)c1. The lowest BCUT2D eigenvalue weighted by Gasteiger charge is -2.09. The van der Waals surface area contributed by atoms with E-state index in [1.54, 1.807) is 0 Å². The summed E-state index contributed by atoms with van der Waals surface area (Å²) in [4.78, 5) is 15.7. The Kier molecular flexibility index (Phi) is 5.13. The predicted octanol–water partition coefficient (Wildman–Crippen LogP) is 4.27. The quantitative estimate of drug-likeness (QED) is 0.647. The van der Waals surface area contributed by atoms with Crippen LogP contribution < -0.4 is 15.7 Å². The van der Waals surface area contributed by atoms with Crippen LogP contribution in [-0.4, -0.2) is 15.3 Å². The molecule has 1 aromatic heterocycles. The van der Waals surface area contributed by atoms with Gasteiger partial charge in [-0.05, 0) is 53.5 Å². The Morgan fingerprint density at radius 1 is 1.07 bits per heavy atom. The van der Waals surface area contributed by atoms with Crippen molar-refractivity contribution in [1.29, 1.82) is 0 Å². The molecule has 2 aromatic carbocycles. The van der Waals surface area contributed by atoms with Crippen molar-refractivity contribution < 1.29 is 26.7 Å². The molecule has 0 aliphatic rings. The second-order valence-corrected chi connectivity index (χ2v) is 6.28. The molecule has 27 heavy (non-hydrogen) atoms. The Hall–Kier alpha value is -2.95. The van der Waals surface area contributed by atoms with Gasteiger partial charge in [-0.1, -0.05) is 6.07 Å². The highest BCUT2D eigenvalue weighted by Crippen LogP contribution is 2.25. The molecule has 1 N–H and O–H groups in total. The van der Waals surface area contributed by atoms with Crippen LogP contribution in [0.3, 0.4) is 0 Å². The predicted molar refractivity (Wildman–Crippen MR) is 88.2 cm³/mol. The number of aromatic nitrogens is 2. The molecule has 3 rings (SSSR count). The van der Waals surface area contributed by atoms with E-state index < -0.39 is 23.7 Å². The summed E-state index contributed by atoms with van der Waals surface area (Å²) in [7, 11) is 0. The molecule has 0 atom stereocenters. The summed E-state index contributed by atoms with van der Waals surface area (Å²) in [5.74, 6) is -2.40. The molecule has 0 aliphatic heterocycles. The van der Waals surface area contributed by atoms with Crippen LogP contribution in [0, 0.1) is 11.6 Å². The van der Waals surface area contributed by atoms with Crippen molar-refractivity contribution in [1.82, 2.24) is 8.94 Å². The third-order valence-electron chi connectivity index (χ3n) is 3.26. The van der Waals surface area contributed by atoms with E-state index in [0.717, 1.165) is 35.8 Å². The maximum absolute atomic E-state index is 13.2. The molecule has 3 aromatic rings. The molecule has 0 saturated heterocycles. The van der Waals surface area contributed by atoms with Gasteiger partial charge < -0.3 is 10.1 Å². The maximum atomic E-state index is 13.2. The Labute approximate surface area is 152 Å². The summed E-state index contributed by atoms with van der Waals surface area (Å²) in [6, 6.07) is 8.15. The summed E-state index contributed by atoms with van der Waals surface area (Å²) in [5.41, 5.74) is 0.155. The highest BCUT2D eigenvalue weighted by molar-refractivity contribution is 7.10. The first-order valence-corrected chi connectivity index (χ1v) is 8.12. The number of alkyl halides is 3. The van der Waals surface area contributed by atoms with Gasteiger partial charge in [-0.25, -0.2) is 17.5 Å². The van der Waals surface area contributed by atoms with Crippen molar-refractivity contribution in [3.63, 3.8) is 0 Å². The van der Waals surface area contributed by atoms with Crippen LogP contribution in [-0.2, 0) is 6.54 Å². The lowest BCUT2D eigenvalue weighted by molar-refractivity contribution is -0.274. The van der Waals surface area contributed by atoms with E-state index >= 15 is 0 Å². The molecule has 5 nitrogen and oxygen atoms in total. The zero-order valence-corrected chi connectivity index (χ0v) is 14.1. The van der Waals surface area contributed by atoms with Gasteiger partial charge in [0.2, 0.25) is 5.13 Å². The molecule has 142 valence electrons. The number of ether oxygens (including phenoxy) is 1. The summed E-state index contributed by atoms with van der Waals surface area (Å²) < 4.78 is 67.6. The van der Waals surface area contributed by atoms with Gasteiger partial charge in [0.1, 0.15) is 5.75 Å². The first kappa shape index (κ1) is 18.8. The summed E-state index contributed by atoms with van der Waals surface area (Å²) in [6.07, 6.45) is -4.78. The number of nitrogens with one attached hydrogen (secondary N) is 1. The molecule has 0 radical (unpaired) electrons. The number of hydrogen-bond donors (Lipinski definition) is 1. The van der Waals surface area contributed by atoms with Gasteiger partial charge in [0.25, 0.3) is 0 Å². The third kappa shape index (κ3) is 5.03. The Balaban J connectivity index is 1.71. The topological polar surface area (TPSA) is 56.1 Å². The van der Waals surface area contributed by atoms with Crippen molar-refractivity contribution in [2.75, 3.05) is 5.32 Å². The van der Waals surface area contributed by atoms with Crippen molar-refractivity contribution in [3.8, 4) is 5.75 Å². The summed E-state index contributed by atoms with van der Waals surface area (Å²) in [6.45, 7) is -0.00621. The lowest BCUT2D eigenvalue weighted by Crippen LogP contribution is -2.17. The zero-order valence-electron chi connectivity index (χ0n) is 13.3. The number of anilines is 2. The largest absolute Gasteiger partial charge is 0.573 e. The third-order valence-corrected chi connectivity index (χ3v) is 4.13. The van der Waals surface area contributed by atoms with E-state index in [2.05, 4.69) is 15.0 Å². The Morgan fingerprint density at radius 2 is 1.78 bits per heavy atom. The van der Waals surface area contributed by atoms with Gasteiger partial charge in [-0.3, -0.25) is 0 Å². The molecular formula is C16H10F5N3O2S. The van der Waals surface area contributed by atoms with Gasteiger partial charge >= 0.3 is 12.1 Å². The molecule has 0 bridgehead atoms. The average Bonchev–Trinajstić information content (AvgIpc) is 2.91. The first-order chi connectivity index (χ1) is 12.7. The Morgan fingerprint density at radius 3 is 2.41 bits per heavy atom. The smallest absolute Gasteiger partial charge is 0.406 e. The average molecular weight is 403 g/mol. The highest BCUT2D eigenvalue weighted by Gasteiger charge is 2.30. The fourth-order valence-electron chi connectivity index (χ4n) is 2.12. The minimum Gasteiger partial charge on any atom is -0.406 e. The molecule has 0 amide bonds. The summed E-state index contributed by atoms with van der Waals surface area (Å²) >= 11 is 0.928. The van der Waals surface area contributed by atoms with E-state index in [4.69, 9.17) is 0 Å². The monoisotopic (exact) mass is 403 g/mol. The highest BCUT2D eigenvalue weighted by atomic mass is 32.1. The van der Waals surface area contributed by atoms with Gasteiger partial charge in [0.15, 0.2) is 11.6 Å². The first-order valence-electron chi connectivity index (χ1n) is 7.34. The van der Waals surface area contributed by atoms with Gasteiger partial charge in [-0.15, -0.1) is 13.2 Å². The minimum absolute atomic E-state index is 0.00621. The van der Waals surface area contributed by atoms with Crippen molar-refractivity contribution in [2.45, 2.75) is 12.9 Å².